The Morgan fingerprint density at radius 3 is 2.58 bits per heavy atom. The van der Waals surface area contributed by atoms with Crippen molar-refractivity contribution < 1.29 is 9.59 Å². The molecule has 6 heteroatoms. The van der Waals surface area contributed by atoms with Gasteiger partial charge < -0.3 is 11.1 Å². The first-order chi connectivity index (χ1) is 8.79. The van der Waals surface area contributed by atoms with Gasteiger partial charge in [-0.25, -0.2) is 0 Å². The predicted octanol–water partition coefficient (Wildman–Crippen LogP) is 0.442. The summed E-state index contributed by atoms with van der Waals surface area (Å²) in [5, 5.41) is 2.93. The molecule has 1 aliphatic rings. The van der Waals surface area contributed by atoms with Crippen LogP contribution >= 0.6 is 11.8 Å². The molecule has 0 bridgehead atoms. The van der Waals surface area contributed by atoms with Gasteiger partial charge in [0.25, 0.3) is 0 Å². The third-order valence-corrected chi connectivity index (χ3v) is 4.25. The minimum Gasteiger partial charge on any atom is -0.369 e. The highest BCUT2D eigenvalue weighted by molar-refractivity contribution is 8.00. The number of nitrogens with two attached hydrogens (primary N) is 1. The number of thioether (sulfide) groups is 1. The Morgan fingerprint density at radius 2 is 2.05 bits per heavy atom. The van der Waals surface area contributed by atoms with Crippen molar-refractivity contribution in [1.29, 1.82) is 0 Å². The van der Waals surface area contributed by atoms with Crippen molar-refractivity contribution in [2.45, 2.75) is 32.7 Å². The second-order valence-corrected chi connectivity index (χ2v) is 7.02. The molecule has 2 amide bonds. The third kappa shape index (κ3) is 6.29. The monoisotopic (exact) mass is 287 g/mol. The van der Waals surface area contributed by atoms with Gasteiger partial charge >= 0.3 is 0 Å². The van der Waals surface area contributed by atoms with Crippen LogP contribution in [-0.2, 0) is 9.59 Å². The Morgan fingerprint density at radius 1 is 1.37 bits per heavy atom. The fourth-order valence-corrected chi connectivity index (χ4v) is 2.75. The zero-order valence-electron chi connectivity index (χ0n) is 12.1. The third-order valence-electron chi connectivity index (χ3n) is 3.30. The normalized spacial score (nSPS) is 20.5. The van der Waals surface area contributed by atoms with Gasteiger partial charge in [-0.3, -0.25) is 14.5 Å². The molecule has 0 aromatic heterocycles. The first kappa shape index (κ1) is 16.3. The second kappa shape index (κ2) is 7.14. The Labute approximate surface area is 119 Å². The van der Waals surface area contributed by atoms with E-state index in [1.54, 1.807) is 0 Å². The average Bonchev–Trinajstić information content (AvgIpc) is 2.74. The molecule has 1 saturated heterocycles. The van der Waals surface area contributed by atoms with E-state index in [-0.39, 0.29) is 23.1 Å². The molecule has 5 nitrogen and oxygen atoms in total. The van der Waals surface area contributed by atoms with Gasteiger partial charge in [-0.1, -0.05) is 0 Å². The summed E-state index contributed by atoms with van der Waals surface area (Å²) < 4.78 is 0. The van der Waals surface area contributed by atoms with Crippen molar-refractivity contribution in [3.8, 4) is 0 Å². The van der Waals surface area contributed by atoms with E-state index in [0.29, 0.717) is 11.7 Å². The molecule has 1 atom stereocenters. The fourth-order valence-electron chi connectivity index (χ4n) is 2.16. The molecule has 0 spiro atoms. The number of likely N-dealkylation sites (tertiary alicyclic amines) is 1. The molecule has 0 aliphatic carbocycles. The number of hydrogen-bond donors (Lipinski definition) is 2. The number of amides is 2. The standard InChI is InChI=1S/C13H25N3O2S/c1-13(2,3)16-5-4-10(7-16)6-15-12(18)9-19-8-11(14)17/h10H,4-9H2,1-3H3,(H2,14,17)(H,15,18). The molecular formula is C13H25N3O2S. The van der Waals surface area contributed by atoms with Crippen LogP contribution in [-0.4, -0.2) is 53.4 Å². The zero-order valence-corrected chi connectivity index (χ0v) is 12.9. The molecule has 0 aromatic rings. The highest BCUT2D eigenvalue weighted by atomic mass is 32.2. The molecule has 19 heavy (non-hydrogen) atoms. The molecule has 3 N–H and O–H groups in total. The molecule has 0 aromatic carbocycles. The van der Waals surface area contributed by atoms with Crippen molar-refractivity contribution in [1.82, 2.24) is 10.2 Å². The highest BCUT2D eigenvalue weighted by Gasteiger charge is 2.30. The number of rotatable bonds is 6. The summed E-state index contributed by atoms with van der Waals surface area (Å²) in [6.45, 7) is 9.51. The maximum Gasteiger partial charge on any atom is 0.230 e. The maximum absolute atomic E-state index is 11.6. The summed E-state index contributed by atoms with van der Waals surface area (Å²) >= 11 is 1.26. The van der Waals surface area contributed by atoms with E-state index in [1.165, 1.54) is 11.8 Å². The molecule has 1 heterocycles. The second-order valence-electron chi connectivity index (χ2n) is 6.03. The van der Waals surface area contributed by atoms with Crippen molar-refractivity contribution >= 4 is 23.6 Å². The van der Waals surface area contributed by atoms with E-state index >= 15 is 0 Å². The summed E-state index contributed by atoms with van der Waals surface area (Å²) in [5.74, 6) is 0.645. The van der Waals surface area contributed by atoms with Crippen molar-refractivity contribution in [2.24, 2.45) is 11.7 Å². The summed E-state index contributed by atoms with van der Waals surface area (Å²) in [5.41, 5.74) is 5.22. The van der Waals surface area contributed by atoms with E-state index in [1.807, 2.05) is 0 Å². The first-order valence-electron chi connectivity index (χ1n) is 6.67. The van der Waals surface area contributed by atoms with Gasteiger partial charge in [0.1, 0.15) is 0 Å². The zero-order chi connectivity index (χ0) is 14.5. The number of hydrogen-bond acceptors (Lipinski definition) is 4. The summed E-state index contributed by atoms with van der Waals surface area (Å²) in [6, 6.07) is 0. The Kier molecular flexibility index (Phi) is 6.13. The molecule has 1 aliphatic heterocycles. The highest BCUT2D eigenvalue weighted by Crippen LogP contribution is 2.23. The van der Waals surface area contributed by atoms with Gasteiger partial charge in [0.15, 0.2) is 0 Å². The maximum atomic E-state index is 11.6. The van der Waals surface area contributed by atoms with Crippen LogP contribution in [0.25, 0.3) is 0 Å². The van der Waals surface area contributed by atoms with Crippen LogP contribution in [0, 0.1) is 5.92 Å². The number of nitrogens with zero attached hydrogens (tertiary/aromatic N) is 1. The molecule has 1 fully saturated rings. The van der Waals surface area contributed by atoms with Crippen LogP contribution < -0.4 is 11.1 Å². The fraction of sp³-hybridized carbons (Fsp3) is 0.846. The minimum absolute atomic E-state index is 0.0135. The summed E-state index contributed by atoms with van der Waals surface area (Å²) in [4.78, 5) is 24.6. The van der Waals surface area contributed by atoms with Crippen LogP contribution in [0.3, 0.4) is 0 Å². The van der Waals surface area contributed by atoms with Crippen LogP contribution in [0.1, 0.15) is 27.2 Å². The predicted molar refractivity (Wildman–Crippen MR) is 79.0 cm³/mol. The number of carbonyl (C=O) groups excluding carboxylic acids is 2. The van der Waals surface area contributed by atoms with Gasteiger partial charge in [0.2, 0.25) is 11.8 Å². The van der Waals surface area contributed by atoms with Crippen LogP contribution in [0.5, 0.6) is 0 Å². The number of carbonyl (C=O) groups is 2. The molecule has 0 radical (unpaired) electrons. The molecule has 1 unspecified atom stereocenters. The van der Waals surface area contributed by atoms with Crippen LogP contribution in [0.4, 0.5) is 0 Å². The van der Waals surface area contributed by atoms with Crippen LogP contribution in [0.15, 0.2) is 0 Å². The van der Waals surface area contributed by atoms with E-state index in [9.17, 15) is 9.59 Å². The van der Waals surface area contributed by atoms with E-state index in [4.69, 9.17) is 5.73 Å². The lowest BCUT2D eigenvalue weighted by Gasteiger charge is -2.31. The first-order valence-corrected chi connectivity index (χ1v) is 7.82. The van der Waals surface area contributed by atoms with Gasteiger partial charge in [0.05, 0.1) is 11.5 Å². The lowest BCUT2D eigenvalue weighted by Crippen LogP contribution is -2.40. The smallest absolute Gasteiger partial charge is 0.230 e. The van der Waals surface area contributed by atoms with Crippen molar-refractivity contribution in [3.05, 3.63) is 0 Å². The topological polar surface area (TPSA) is 75.4 Å². The van der Waals surface area contributed by atoms with Gasteiger partial charge in [0, 0.05) is 18.6 Å². The van der Waals surface area contributed by atoms with Gasteiger partial charge in [-0.05, 0) is 39.7 Å². The van der Waals surface area contributed by atoms with E-state index < -0.39 is 0 Å². The minimum atomic E-state index is -0.380. The molecule has 1 rings (SSSR count). The SMILES string of the molecule is CC(C)(C)N1CCC(CNC(=O)CSCC(N)=O)C1. The molecular weight excluding hydrogens is 262 g/mol. The summed E-state index contributed by atoms with van der Waals surface area (Å²) in [6.07, 6.45) is 1.13. The molecule has 110 valence electrons. The lowest BCUT2D eigenvalue weighted by atomic mass is 10.1. The number of primary amides is 1. The van der Waals surface area contributed by atoms with E-state index in [0.717, 1.165) is 26.1 Å². The van der Waals surface area contributed by atoms with Crippen molar-refractivity contribution in [3.63, 3.8) is 0 Å². The Balaban J connectivity index is 2.16. The Bertz CT molecular complexity index is 328. The molecule has 0 saturated carbocycles. The quantitative estimate of drug-likeness (QED) is 0.743. The lowest BCUT2D eigenvalue weighted by molar-refractivity contribution is -0.118. The van der Waals surface area contributed by atoms with Crippen molar-refractivity contribution in [2.75, 3.05) is 31.1 Å². The Hall–Kier alpha value is -0.750. The average molecular weight is 287 g/mol. The largest absolute Gasteiger partial charge is 0.369 e. The summed E-state index contributed by atoms with van der Waals surface area (Å²) in [7, 11) is 0. The van der Waals surface area contributed by atoms with E-state index in [2.05, 4.69) is 31.0 Å². The van der Waals surface area contributed by atoms with Crippen LogP contribution in [0.2, 0.25) is 0 Å². The van der Waals surface area contributed by atoms with Gasteiger partial charge in [-0.2, -0.15) is 0 Å². The number of nitrogens with one attached hydrogen (secondary N) is 1. The van der Waals surface area contributed by atoms with Gasteiger partial charge in [-0.15, -0.1) is 11.8 Å².